The molecule has 128 valence electrons. The van der Waals surface area contributed by atoms with Crippen molar-refractivity contribution in [3.63, 3.8) is 0 Å². The Bertz CT molecular complexity index is 884. The van der Waals surface area contributed by atoms with E-state index in [9.17, 15) is 4.79 Å². The number of benzene rings is 2. The van der Waals surface area contributed by atoms with Crippen molar-refractivity contribution in [1.29, 1.82) is 0 Å². The van der Waals surface area contributed by atoms with Gasteiger partial charge in [0, 0.05) is 17.9 Å². The number of aromatic amines is 1. The zero-order valence-corrected chi connectivity index (χ0v) is 14.9. The first kappa shape index (κ1) is 17.2. The Labute approximate surface area is 152 Å². The molecule has 0 aliphatic carbocycles. The predicted octanol–water partition coefficient (Wildman–Crippen LogP) is 4.29. The topological polar surface area (TPSA) is 49.8 Å². The van der Waals surface area contributed by atoms with Crippen LogP contribution in [0.15, 0.2) is 66.9 Å². The van der Waals surface area contributed by atoms with Crippen LogP contribution in [0.25, 0.3) is 5.69 Å². The van der Waals surface area contributed by atoms with Gasteiger partial charge in [-0.25, -0.2) is 0 Å². The van der Waals surface area contributed by atoms with Crippen molar-refractivity contribution in [2.24, 2.45) is 0 Å². The molecule has 25 heavy (non-hydrogen) atoms. The van der Waals surface area contributed by atoms with E-state index in [1.807, 2.05) is 55.5 Å². The first-order chi connectivity index (χ1) is 12.1. The SMILES string of the molecule is CC(CCc1ccccc1)NC(=O)c1c[nH]c(=S)n1-c1ccccc1. The van der Waals surface area contributed by atoms with Gasteiger partial charge in [0.15, 0.2) is 4.77 Å². The molecule has 1 unspecified atom stereocenters. The minimum absolute atomic E-state index is 0.0698. The van der Waals surface area contributed by atoms with E-state index in [1.54, 1.807) is 10.8 Å². The maximum atomic E-state index is 12.7. The molecule has 0 saturated carbocycles. The van der Waals surface area contributed by atoms with Crippen molar-refractivity contribution in [3.05, 3.63) is 82.9 Å². The van der Waals surface area contributed by atoms with Crippen molar-refractivity contribution in [3.8, 4) is 5.69 Å². The number of hydrogen-bond donors (Lipinski definition) is 2. The highest BCUT2D eigenvalue weighted by Gasteiger charge is 2.16. The lowest BCUT2D eigenvalue weighted by Crippen LogP contribution is -2.34. The van der Waals surface area contributed by atoms with E-state index >= 15 is 0 Å². The normalized spacial score (nSPS) is 11.9. The number of aryl methyl sites for hydroxylation is 1. The summed E-state index contributed by atoms with van der Waals surface area (Å²) in [6, 6.07) is 20.0. The van der Waals surface area contributed by atoms with Gasteiger partial charge in [-0.3, -0.25) is 9.36 Å². The van der Waals surface area contributed by atoms with E-state index < -0.39 is 0 Å². The molecule has 0 aliphatic rings. The van der Waals surface area contributed by atoms with Gasteiger partial charge < -0.3 is 10.3 Å². The van der Waals surface area contributed by atoms with Gasteiger partial charge >= 0.3 is 0 Å². The summed E-state index contributed by atoms with van der Waals surface area (Å²) in [5, 5.41) is 3.06. The van der Waals surface area contributed by atoms with Gasteiger partial charge in [-0.15, -0.1) is 0 Å². The number of carbonyl (C=O) groups is 1. The standard InChI is InChI=1S/C20H21N3OS/c1-15(12-13-16-8-4-2-5-9-16)22-19(24)18-14-21-20(25)23(18)17-10-6-3-7-11-17/h2-11,14-15H,12-13H2,1H3,(H,21,25)(H,22,24). The zero-order valence-electron chi connectivity index (χ0n) is 14.1. The van der Waals surface area contributed by atoms with Crippen molar-refractivity contribution < 1.29 is 4.79 Å². The van der Waals surface area contributed by atoms with Crippen molar-refractivity contribution in [2.75, 3.05) is 0 Å². The lowest BCUT2D eigenvalue weighted by Gasteiger charge is -2.15. The van der Waals surface area contributed by atoms with Gasteiger partial charge in [0.05, 0.1) is 0 Å². The minimum atomic E-state index is -0.128. The van der Waals surface area contributed by atoms with E-state index in [4.69, 9.17) is 12.2 Å². The predicted molar refractivity (Wildman–Crippen MR) is 103 cm³/mol. The number of rotatable bonds is 6. The van der Waals surface area contributed by atoms with E-state index in [0.29, 0.717) is 10.5 Å². The number of nitrogens with one attached hydrogen (secondary N) is 2. The molecular weight excluding hydrogens is 330 g/mol. The Morgan fingerprint density at radius 3 is 2.44 bits per heavy atom. The van der Waals surface area contributed by atoms with Gasteiger partial charge in [0.25, 0.3) is 5.91 Å². The highest BCUT2D eigenvalue weighted by atomic mass is 32.1. The molecule has 1 heterocycles. The third kappa shape index (κ3) is 4.25. The summed E-state index contributed by atoms with van der Waals surface area (Å²) in [4.78, 5) is 15.6. The highest BCUT2D eigenvalue weighted by Crippen LogP contribution is 2.13. The number of para-hydroxylation sites is 1. The second-order valence-electron chi connectivity index (χ2n) is 6.05. The molecule has 3 aromatic rings. The average molecular weight is 351 g/mol. The zero-order chi connectivity index (χ0) is 17.6. The first-order valence-electron chi connectivity index (χ1n) is 8.36. The molecule has 0 fully saturated rings. The molecule has 4 nitrogen and oxygen atoms in total. The molecule has 0 saturated heterocycles. The van der Waals surface area contributed by atoms with Gasteiger partial charge in [-0.2, -0.15) is 0 Å². The number of amides is 1. The molecule has 3 rings (SSSR count). The fraction of sp³-hybridized carbons (Fsp3) is 0.200. The molecule has 0 aliphatic heterocycles. The van der Waals surface area contributed by atoms with Crippen LogP contribution in [0, 0.1) is 4.77 Å². The Morgan fingerprint density at radius 2 is 1.76 bits per heavy atom. The van der Waals surface area contributed by atoms with E-state index in [-0.39, 0.29) is 11.9 Å². The number of aromatic nitrogens is 2. The summed E-state index contributed by atoms with van der Waals surface area (Å²) in [7, 11) is 0. The fourth-order valence-corrected chi connectivity index (χ4v) is 3.03. The second-order valence-corrected chi connectivity index (χ2v) is 6.44. The molecular formula is C20H21N3OS. The summed E-state index contributed by atoms with van der Waals surface area (Å²) >= 11 is 5.33. The summed E-state index contributed by atoms with van der Waals surface area (Å²) in [5.74, 6) is -0.128. The van der Waals surface area contributed by atoms with Crippen LogP contribution in [0.5, 0.6) is 0 Å². The quantitative estimate of drug-likeness (QED) is 0.651. The third-order valence-electron chi connectivity index (χ3n) is 4.11. The molecule has 0 spiro atoms. The lowest BCUT2D eigenvalue weighted by atomic mass is 10.1. The Kier molecular flexibility index (Phi) is 5.46. The number of carbonyl (C=O) groups excluding carboxylic acids is 1. The number of hydrogen-bond acceptors (Lipinski definition) is 2. The molecule has 0 bridgehead atoms. The van der Waals surface area contributed by atoms with Crippen LogP contribution in [-0.4, -0.2) is 21.5 Å². The minimum Gasteiger partial charge on any atom is -0.348 e. The summed E-state index contributed by atoms with van der Waals surface area (Å²) < 4.78 is 2.27. The van der Waals surface area contributed by atoms with E-state index in [0.717, 1.165) is 18.5 Å². The molecule has 2 N–H and O–H groups in total. The Hall–Kier alpha value is -2.66. The van der Waals surface area contributed by atoms with Gasteiger partial charge in [0.1, 0.15) is 5.69 Å². The average Bonchev–Trinajstić information content (AvgIpc) is 3.03. The molecule has 0 radical (unpaired) electrons. The van der Waals surface area contributed by atoms with Crippen LogP contribution >= 0.6 is 12.2 Å². The van der Waals surface area contributed by atoms with Crippen molar-refractivity contribution in [1.82, 2.24) is 14.9 Å². The van der Waals surface area contributed by atoms with Crippen LogP contribution in [0.4, 0.5) is 0 Å². The Balaban J connectivity index is 1.69. The van der Waals surface area contributed by atoms with Crippen LogP contribution in [0.1, 0.15) is 29.4 Å². The number of H-pyrrole nitrogens is 1. The second kappa shape index (κ2) is 7.94. The smallest absolute Gasteiger partial charge is 0.270 e. The monoisotopic (exact) mass is 351 g/mol. The highest BCUT2D eigenvalue weighted by molar-refractivity contribution is 7.71. The molecule has 1 aromatic heterocycles. The van der Waals surface area contributed by atoms with Gasteiger partial charge in [0.2, 0.25) is 0 Å². The maximum Gasteiger partial charge on any atom is 0.270 e. The fourth-order valence-electron chi connectivity index (χ4n) is 2.77. The first-order valence-corrected chi connectivity index (χ1v) is 8.76. The van der Waals surface area contributed by atoms with E-state index in [2.05, 4.69) is 22.4 Å². The summed E-state index contributed by atoms with van der Waals surface area (Å²) in [6.07, 6.45) is 3.47. The lowest BCUT2D eigenvalue weighted by molar-refractivity contribution is 0.0931. The van der Waals surface area contributed by atoms with Gasteiger partial charge in [-0.1, -0.05) is 48.5 Å². The van der Waals surface area contributed by atoms with Crippen molar-refractivity contribution in [2.45, 2.75) is 25.8 Å². The number of nitrogens with zero attached hydrogens (tertiary/aromatic N) is 1. The molecule has 2 aromatic carbocycles. The van der Waals surface area contributed by atoms with E-state index in [1.165, 1.54) is 5.56 Å². The van der Waals surface area contributed by atoms with Crippen molar-refractivity contribution >= 4 is 18.1 Å². The van der Waals surface area contributed by atoms with Crippen LogP contribution in [-0.2, 0) is 6.42 Å². The molecule has 1 atom stereocenters. The Morgan fingerprint density at radius 1 is 1.12 bits per heavy atom. The third-order valence-corrected chi connectivity index (χ3v) is 4.41. The van der Waals surface area contributed by atoms with Gasteiger partial charge in [-0.05, 0) is 49.7 Å². The van der Waals surface area contributed by atoms with Crippen LogP contribution < -0.4 is 5.32 Å². The van der Waals surface area contributed by atoms with Crippen LogP contribution in [0.2, 0.25) is 0 Å². The molecule has 5 heteroatoms. The molecule has 1 amide bonds. The maximum absolute atomic E-state index is 12.7. The van der Waals surface area contributed by atoms with Crippen LogP contribution in [0.3, 0.4) is 0 Å². The number of imidazole rings is 1. The summed E-state index contributed by atoms with van der Waals surface area (Å²) in [6.45, 7) is 2.02. The summed E-state index contributed by atoms with van der Waals surface area (Å²) in [5.41, 5.74) is 2.66. The largest absolute Gasteiger partial charge is 0.348 e.